The van der Waals surface area contributed by atoms with Crippen LogP contribution < -0.4 is 10.6 Å². The Morgan fingerprint density at radius 1 is 1.00 bits per heavy atom. The van der Waals surface area contributed by atoms with Crippen LogP contribution >= 0.6 is 0 Å². The summed E-state index contributed by atoms with van der Waals surface area (Å²) >= 11 is 0. The standard InChI is InChI=1S/C19H35N5O3S/c1-2-3-11-14-20-18(25)21-15-12-9-7-5-4-6-8-10-13-16-28(26,27)19-22-17-23-24-19/h4-5,17H,2-3,6-16H2,1H3,(H2,20,21,25)(H,22,23,24)/b5-4-. The lowest BCUT2D eigenvalue weighted by Crippen LogP contribution is -2.36. The molecular formula is C19H35N5O3S. The van der Waals surface area contributed by atoms with Gasteiger partial charge in [0.2, 0.25) is 15.0 Å². The van der Waals surface area contributed by atoms with Crippen LogP contribution in [-0.4, -0.2) is 48.5 Å². The van der Waals surface area contributed by atoms with Gasteiger partial charge in [-0.3, -0.25) is 5.10 Å². The molecule has 0 aliphatic carbocycles. The molecule has 0 aromatic carbocycles. The van der Waals surface area contributed by atoms with Crippen LogP contribution in [-0.2, 0) is 9.84 Å². The topological polar surface area (TPSA) is 117 Å². The van der Waals surface area contributed by atoms with Gasteiger partial charge in [-0.1, -0.05) is 38.3 Å². The van der Waals surface area contributed by atoms with Crippen molar-refractivity contribution in [2.24, 2.45) is 0 Å². The van der Waals surface area contributed by atoms with Crippen molar-refractivity contribution in [1.29, 1.82) is 0 Å². The maximum absolute atomic E-state index is 11.9. The van der Waals surface area contributed by atoms with Crippen LogP contribution in [0.1, 0.15) is 71.1 Å². The zero-order valence-electron chi connectivity index (χ0n) is 17.0. The molecule has 9 heteroatoms. The van der Waals surface area contributed by atoms with Gasteiger partial charge in [-0.15, -0.1) is 0 Å². The number of aromatic nitrogens is 3. The second-order valence-electron chi connectivity index (χ2n) is 6.82. The van der Waals surface area contributed by atoms with Crippen molar-refractivity contribution in [2.75, 3.05) is 18.8 Å². The second-order valence-corrected chi connectivity index (χ2v) is 8.84. The largest absolute Gasteiger partial charge is 0.338 e. The number of unbranched alkanes of at least 4 members (excludes halogenated alkanes) is 7. The van der Waals surface area contributed by atoms with E-state index in [2.05, 4.69) is 44.9 Å². The number of nitrogens with one attached hydrogen (secondary N) is 3. The molecule has 1 rings (SSSR count). The Kier molecular flexibility index (Phi) is 13.0. The summed E-state index contributed by atoms with van der Waals surface area (Å²) in [6, 6.07) is -0.0723. The molecule has 28 heavy (non-hydrogen) atoms. The number of hydrogen-bond donors (Lipinski definition) is 3. The Morgan fingerprint density at radius 3 is 2.25 bits per heavy atom. The predicted octanol–water partition coefficient (Wildman–Crippen LogP) is 3.35. The molecule has 1 aromatic rings. The molecule has 0 radical (unpaired) electrons. The van der Waals surface area contributed by atoms with Gasteiger partial charge in [0, 0.05) is 13.1 Å². The van der Waals surface area contributed by atoms with Gasteiger partial charge in [-0.2, -0.15) is 5.10 Å². The summed E-state index contributed by atoms with van der Waals surface area (Å²) in [6.45, 7) is 3.59. The fourth-order valence-corrected chi connectivity index (χ4v) is 3.81. The maximum Gasteiger partial charge on any atom is 0.314 e. The van der Waals surface area contributed by atoms with Crippen molar-refractivity contribution in [3.63, 3.8) is 0 Å². The summed E-state index contributed by atoms with van der Waals surface area (Å²) in [5.41, 5.74) is 0. The maximum atomic E-state index is 11.9. The zero-order valence-corrected chi connectivity index (χ0v) is 17.8. The van der Waals surface area contributed by atoms with Crippen LogP contribution in [0.3, 0.4) is 0 Å². The third kappa shape index (κ3) is 11.7. The van der Waals surface area contributed by atoms with Crippen LogP contribution in [0.4, 0.5) is 4.79 Å². The fourth-order valence-electron chi connectivity index (χ4n) is 2.64. The molecule has 1 aromatic heterocycles. The molecule has 3 N–H and O–H groups in total. The first-order chi connectivity index (χ1) is 13.6. The number of urea groups is 1. The van der Waals surface area contributed by atoms with Gasteiger partial charge >= 0.3 is 6.03 Å². The van der Waals surface area contributed by atoms with Crippen LogP contribution in [0, 0.1) is 0 Å². The van der Waals surface area contributed by atoms with Gasteiger partial charge in [0.25, 0.3) is 0 Å². The number of nitrogens with zero attached hydrogens (tertiary/aromatic N) is 2. The number of amides is 2. The van der Waals surface area contributed by atoms with E-state index < -0.39 is 9.84 Å². The third-order valence-corrected chi connectivity index (χ3v) is 5.90. The van der Waals surface area contributed by atoms with Crippen molar-refractivity contribution in [1.82, 2.24) is 25.8 Å². The van der Waals surface area contributed by atoms with Gasteiger partial charge in [-0.25, -0.2) is 18.2 Å². The van der Waals surface area contributed by atoms with E-state index in [0.29, 0.717) is 13.0 Å². The monoisotopic (exact) mass is 413 g/mol. The van der Waals surface area contributed by atoms with Gasteiger partial charge in [0.05, 0.1) is 5.75 Å². The van der Waals surface area contributed by atoms with Gasteiger partial charge in [0.1, 0.15) is 6.33 Å². The van der Waals surface area contributed by atoms with E-state index in [0.717, 1.165) is 64.3 Å². The molecule has 0 unspecified atom stereocenters. The first kappa shape index (κ1) is 24.1. The minimum atomic E-state index is -3.32. The summed E-state index contributed by atoms with van der Waals surface area (Å²) in [7, 11) is -3.32. The highest BCUT2D eigenvalue weighted by atomic mass is 32.2. The van der Waals surface area contributed by atoms with Crippen LogP contribution in [0.15, 0.2) is 23.6 Å². The number of allylic oxidation sites excluding steroid dienone is 2. The van der Waals surface area contributed by atoms with Crippen molar-refractivity contribution in [3.8, 4) is 0 Å². The number of carbonyl (C=O) groups is 1. The summed E-state index contributed by atoms with van der Waals surface area (Å²) in [6.07, 6.45) is 15.3. The lowest BCUT2D eigenvalue weighted by molar-refractivity contribution is 0.240. The fraction of sp³-hybridized carbons (Fsp3) is 0.737. The highest BCUT2D eigenvalue weighted by Crippen LogP contribution is 2.09. The molecule has 0 bridgehead atoms. The normalized spacial score (nSPS) is 11.8. The van der Waals surface area contributed by atoms with Gasteiger partial charge in [0.15, 0.2) is 0 Å². The molecule has 0 atom stereocenters. The van der Waals surface area contributed by atoms with Crippen LogP contribution in [0.2, 0.25) is 0 Å². The second kappa shape index (κ2) is 15.1. The average Bonchev–Trinajstić information content (AvgIpc) is 3.22. The number of aromatic amines is 1. The average molecular weight is 414 g/mol. The van der Waals surface area contributed by atoms with Crippen molar-refractivity contribution < 1.29 is 13.2 Å². The molecule has 0 fully saturated rings. The molecule has 8 nitrogen and oxygen atoms in total. The van der Waals surface area contributed by atoms with E-state index in [-0.39, 0.29) is 16.9 Å². The predicted molar refractivity (Wildman–Crippen MR) is 111 cm³/mol. The Balaban J connectivity index is 1.90. The summed E-state index contributed by atoms with van der Waals surface area (Å²) in [4.78, 5) is 15.2. The molecule has 1 heterocycles. The molecule has 2 amide bonds. The van der Waals surface area contributed by atoms with E-state index in [1.807, 2.05) is 0 Å². The van der Waals surface area contributed by atoms with Crippen molar-refractivity contribution in [2.45, 2.75) is 76.3 Å². The highest BCUT2D eigenvalue weighted by molar-refractivity contribution is 7.91. The Morgan fingerprint density at radius 2 is 1.64 bits per heavy atom. The lowest BCUT2D eigenvalue weighted by atomic mass is 10.1. The van der Waals surface area contributed by atoms with E-state index in [1.165, 1.54) is 6.33 Å². The molecule has 0 spiro atoms. The van der Waals surface area contributed by atoms with Crippen molar-refractivity contribution in [3.05, 3.63) is 18.5 Å². The third-order valence-electron chi connectivity index (χ3n) is 4.29. The van der Waals surface area contributed by atoms with E-state index in [9.17, 15) is 13.2 Å². The summed E-state index contributed by atoms with van der Waals surface area (Å²) in [5, 5.41) is 11.7. The Bertz CT molecular complexity index is 645. The lowest BCUT2D eigenvalue weighted by Gasteiger charge is -2.06. The number of hydrogen-bond acceptors (Lipinski definition) is 5. The Hall–Kier alpha value is -1.90. The zero-order chi connectivity index (χ0) is 20.5. The van der Waals surface area contributed by atoms with Crippen molar-refractivity contribution >= 4 is 15.9 Å². The number of rotatable bonds is 16. The van der Waals surface area contributed by atoms with E-state index >= 15 is 0 Å². The number of sulfone groups is 1. The Labute approximate surface area is 168 Å². The molecule has 160 valence electrons. The molecule has 0 saturated carbocycles. The quantitative estimate of drug-likeness (QED) is 0.284. The van der Waals surface area contributed by atoms with Gasteiger partial charge in [-0.05, 0) is 44.9 Å². The van der Waals surface area contributed by atoms with Crippen LogP contribution in [0.25, 0.3) is 0 Å². The molecule has 0 saturated heterocycles. The minimum absolute atomic E-state index is 0.0455. The van der Waals surface area contributed by atoms with Crippen LogP contribution in [0.5, 0.6) is 0 Å². The number of H-pyrrole nitrogens is 1. The van der Waals surface area contributed by atoms with E-state index in [4.69, 9.17) is 0 Å². The highest BCUT2D eigenvalue weighted by Gasteiger charge is 2.16. The molecule has 0 aliphatic heterocycles. The number of carbonyl (C=O) groups excluding carboxylic acids is 1. The first-order valence-electron chi connectivity index (χ1n) is 10.3. The summed E-state index contributed by atoms with van der Waals surface area (Å²) in [5.74, 6) is 0.102. The first-order valence-corrected chi connectivity index (χ1v) is 12.0. The smallest absolute Gasteiger partial charge is 0.314 e. The molecular weight excluding hydrogens is 378 g/mol. The van der Waals surface area contributed by atoms with E-state index in [1.54, 1.807) is 0 Å². The SMILES string of the molecule is CCCCCNC(=O)NCCCC/C=C\CCCCCS(=O)(=O)c1ncn[nH]1. The minimum Gasteiger partial charge on any atom is -0.338 e. The summed E-state index contributed by atoms with van der Waals surface area (Å²) < 4.78 is 23.8. The molecule has 0 aliphatic rings. The van der Waals surface area contributed by atoms with Gasteiger partial charge < -0.3 is 10.6 Å².